The third-order valence-corrected chi connectivity index (χ3v) is 7.20. The van der Waals surface area contributed by atoms with Crippen molar-refractivity contribution in [1.82, 2.24) is 0 Å². The number of hydrogen-bond donors (Lipinski definition) is 1. The van der Waals surface area contributed by atoms with Crippen LogP contribution in [0.3, 0.4) is 0 Å². The van der Waals surface area contributed by atoms with Gasteiger partial charge in [0.15, 0.2) is 11.5 Å². The van der Waals surface area contributed by atoms with E-state index in [9.17, 15) is 9.59 Å². The predicted octanol–water partition coefficient (Wildman–Crippen LogP) is 4.95. The monoisotopic (exact) mass is 448 g/mol. The molecule has 174 valence electrons. The highest BCUT2D eigenvalue weighted by atomic mass is 16.5. The minimum Gasteiger partial charge on any atom is -0.487 e. The van der Waals surface area contributed by atoms with E-state index < -0.39 is 5.91 Å². The molecule has 33 heavy (non-hydrogen) atoms. The molecule has 0 bridgehead atoms. The maximum Gasteiger partial charge on any atom is 0.248 e. The maximum absolute atomic E-state index is 12.9. The molecule has 5 rings (SSSR count). The second kappa shape index (κ2) is 9.46. The van der Waals surface area contributed by atoms with Crippen molar-refractivity contribution < 1.29 is 19.1 Å². The molecule has 2 saturated carbocycles. The summed E-state index contributed by atoms with van der Waals surface area (Å²) in [6, 6.07) is 13.2. The summed E-state index contributed by atoms with van der Waals surface area (Å²) in [6.07, 6.45) is 10.1. The number of ether oxygens (including phenoxy) is 2. The molecule has 1 heterocycles. The predicted molar refractivity (Wildman–Crippen MR) is 127 cm³/mol. The Hall–Kier alpha value is -3.02. The van der Waals surface area contributed by atoms with E-state index >= 15 is 0 Å². The van der Waals surface area contributed by atoms with Crippen molar-refractivity contribution in [2.45, 2.75) is 75.9 Å². The van der Waals surface area contributed by atoms with E-state index in [0.29, 0.717) is 24.2 Å². The summed E-state index contributed by atoms with van der Waals surface area (Å²) in [5.41, 5.74) is 7.63. The molecule has 0 aromatic heterocycles. The number of nitrogens with zero attached hydrogens (tertiary/aromatic N) is 1. The molecule has 3 fully saturated rings. The zero-order valence-electron chi connectivity index (χ0n) is 19.0. The van der Waals surface area contributed by atoms with Crippen molar-refractivity contribution in [2.24, 2.45) is 5.73 Å². The first-order valence-electron chi connectivity index (χ1n) is 12.2. The van der Waals surface area contributed by atoms with Gasteiger partial charge in [-0.15, -0.1) is 0 Å². The van der Waals surface area contributed by atoms with Gasteiger partial charge in [-0.05, 0) is 87.3 Å². The van der Waals surface area contributed by atoms with Crippen LogP contribution in [0.1, 0.15) is 79.6 Å². The lowest BCUT2D eigenvalue weighted by molar-refractivity contribution is -0.117. The van der Waals surface area contributed by atoms with Gasteiger partial charge in [-0.2, -0.15) is 0 Å². The first kappa shape index (κ1) is 21.8. The molecule has 2 aromatic rings. The lowest BCUT2D eigenvalue weighted by Crippen LogP contribution is -2.24. The summed E-state index contributed by atoms with van der Waals surface area (Å²) >= 11 is 0. The second-order valence-corrected chi connectivity index (χ2v) is 9.57. The van der Waals surface area contributed by atoms with Crippen LogP contribution in [-0.4, -0.2) is 30.6 Å². The normalized spacial score (nSPS) is 21.6. The summed E-state index contributed by atoms with van der Waals surface area (Å²) in [5.74, 6) is 1.25. The smallest absolute Gasteiger partial charge is 0.248 e. The van der Waals surface area contributed by atoms with Crippen LogP contribution in [0.25, 0.3) is 0 Å². The van der Waals surface area contributed by atoms with Crippen LogP contribution < -0.4 is 20.1 Å². The van der Waals surface area contributed by atoms with Gasteiger partial charge in [-0.25, -0.2) is 0 Å². The first-order chi connectivity index (χ1) is 16.1. The van der Waals surface area contributed by atoms with Crippen molar-refractivity contribution in [3.63, 3.8) is 0 Å². The Kier molecular flexibility index (Phi) is 6.25. The van der Waals surface area contributed by atoms with E-state index in [4.69, 9.17) is 15.2 Å². The number of benzene rings is 2. The van der Waals surface area contributed by atoms with E-state index in [1.165, 1.54) is 25.7 Å². The highest BCUT2D eigenvalue weighted by Crippen LogP contribution is 2.39. The Balaban J connectivity index is 1.37. The zero-order chi connectivity index (χ0) is 22.8. The van der Waals surface area contributed by atoms with Crippen LogP contribution in [0.15, 0.2) is 42.5 Å². The van der Waals surface area contributed by atoms with Gasteiger partial charge < -0.3 is 20.1 Å². The van der Waals surface area contributed by atoms with Crippen LogP contribution in [-0.2, 0) is 4.79 Å². The third kappa shape index (κ3) is 4.85. The number of primary amides is 1. The first-order valence-corrected chi connectivity index (χ1v) is 12.2. The number of nitrogens with two attached hydrogens (primary N) is 1. The molecule has 2 amide bonds. The van der Waals surface area contributed by atoms with Gasteiger partial charge in [-0.1, -0.05) is 12.1 Å². The molecule has 6 heteroatoms. The molecular formula is C27H32N2O4. The molecular weight excluding hydrogens is 416 g/mol. The molecule has 1 saturated heterocycles. The third-order valence-electron chi connectivity index (χ3n) is 7.20. The lowest BCUT2D eigenvalue weighted by Gasteiger charge is -2.22. The molecule has 1 aliphatic heterocycles. The molecule has 6 nitrogen and oxygen atoms in total. The van der Waals surface area contributed by atoms with Gasteiger partial charge in [-0.3, -0.25) is 9.59 Å². The Morgan fingerprint density at radius 2 is 1.55 bits per heavy atom. The van der Waals surface area contributed by atoms with Crippen LogP contribution >= 0.6 is 0 Å². The summed E-state index contributed by atoms with van der Waals surface area (Å²) in [6.45, 7) is 0.562. The fourth-order valence-corrected chi connectivity index (χ4v) is 5.35. The fraction of sp³-hybridized carbons (Fsp3) is 0.481. The molecule has 0 unspecified atom stereocenters. The van der Waals surface area contributed by atoms with E-state index in [-0.39, 0.29) is 24.0 Å². The van der Waals surface area contributed by atoms with E-state index in [1.807, 2.05) is 12.1 Å². The van der Waals surface area contributed by atoms with E-state index in [0.717, 1.165) is 42.7 Å². The van der Waals surface area contributed by atoms with Crippen LogP contribution in [0, 0.1) is 0 Å². The number of carbonyl (C=O) groups is 2. The van der Waals surface area contributed by atoms with E-state index in [1.54, 1.807) is 23.1 Å². The number of anilines is 1. The van der Waals surface area contributed by atoms with Crippen molar-refractivity contribution in [3.8, 4) is 11.5 Å². The number of carbonyl (C=O) groups excluding carboxylic acids is 2. The van der Waals surface area contributed by atoms with Crippen molar-refractivity contribution in [2.75, 3.05) is 11.4 Å². The van der Waals surface area contributed by atoms with E-state index in [2.05, 4.69) is 12.1 Å². The van der Waals surface area contributed by atoms with Crippen LogP contribution in [0.4, 0.5) is 5.69 Å². The van der Waals surface area contributed by atoms with Gasteiger partial charge >= 0.3 is 0 Å². The highest BCUT2D eigenvalue weighted by Gasteiger charge is 2.33. The standard InChI is InChI=1S/C27H32N2O4/c28-27(31)19-6-5-7-21(14-19)29-17-20(16-26(29)30)18-12-13-24(32-22-8-1-2-9-22)25(15-18)33-23-10-3-4-11-23/h5-7,12-15,20,22-23H,1-4,8-11,16-17H2,(H2,28,31)/t20-/m0/s1. The molecule has 0 spiro atoms. The number of amides is 2. The van der Waals surface area contributed by atoms with Gasteiger partial charge in [0, 0.05) is 30.1 Å². The summed E-state index contributed by atoms with van der Waals surface area (Å²) in [4.78, 5) is 26.2. The Morgan fingerprint density at radius 3 is 2.21 bits per heavy atom. The molecule has 2 N–H and O–H groups in total. The lowest BCUT2D eigenvalue weighted by atomic mass is 9.97. The molecule has 0 radical (unpaired) electrons. The van der Waals surface area contributed by atoms with Gasteiger partial charge in [0.1, 0.15) is 0 Å². The summed E-state index contributed by atoms with van der Waals surface area (Å²) < 4.78 is 12.8. The number of hydrogen-bond acceptors (Lipinski definition) is 4. The molecule has 1 atom stereocenters. The topological polar surface area (TPSA) is 81.9 Å². The average molecular weight is 449 g/mol. The minimum atomic E-state index is -0.494. The van der Waals surface area contributed by atoms with Gasteiger partial charge in [0.25, 0.3) is 0 Å². The summed E-state index contributed by atoms with van der Waals surface area (Å²) in [5, 5.41) is 0. The number of rotatable bonds is 7. The average Bonchev–Trinajstić information content (AvgIpc) is 3.58. The molecule has 3 aliphatic rings. The van der Waals surface area contributed by atoms with Gasteiger partial charge in [0.05, 0.1) is 12.2 Å². The van der Waals surface area contributed by atoms with Crippen LogP contribution in [0.5, 0.6) is 11.5 Å². The minimum absolute atomic E-state index is 0.0474. The zero-order valence-corrected chi connectivity index (χ0v) is 19.0. The highest BCUT2D eigenvalue weighted by molar-refractivity contribution is 5.99. The van der Waals surface area contributed by atoms with Crippen molar-refractivity contribution in [3.05, 3.63) is 53.6 Å². The van der Waals surface area contributed by atoms with Crippen LogP contribution in [0.2, 0.25) is 0 Å². The Labute approximate surface area is 195 Å². The maximum atomic E-state index is 12.9. The largest absolute Gasteiger partial charge is 0.487 e. The molecule has 2 aliphatic carbocycles. The second-order valence-electron chi connectivity index (χ2n) is 9.57. The van der Waals surface area contributed by atoms with Crippen molar-refractivity contribution in [1.29, 1.82) is 0 Å². The molecule has 2 aromatic carbocycles. The quantitative estimate of drug-likeness (QED) is 0.650. The van der Waals surface area contributed by atoms with Gasteiger partial charge in [0.2, 0.25) is 11.8 Å². The Morgan fingerprint density at radius 1 is 0.879 bits per heavy atom. The van der Waals surface area contributed by atoms with Crippen molar-refractivity contribution >= 4 is 17.5 Å². The fourth-order valence-electron chi connectivity index (χ4n) is 5.35. The Bertz CT molecular complexity index is 1020. The summed E-state index contributed by atoms with van der Waals surface area (Å²) in [7, 11) is 0. The SMILES string of the molecule is NC(=O)c1cccc(N2C[C@@H](c3ccc(OC4CCCC4)c(OC4CCCC4)c3)CC2=O)c1.